The van der Waals surface area contributed by atoms with Crippen molar-refractivity contribution in [2.24, 2.45) is 5.41 Å². The summed E-state index contributed by atoms with van der Waals surface area (Å²) < 4.78 is 26.4. The molecule has 1 spiro atoms. The summed E-state index contributed by atoms with van der Waals surface area (Å²) in [6.45, 7) is 6.60. The van der Waals surface area contributed by atoms with E-state index in [4.69, 9.17) is 14.5 Å². The van der Waals surface area contributed by atoms with Crippen molar-refractivity contribution in [3.8, 4) is 11.4 Å². The number of rotatable bonds is 7. The highest BCUT2D eigenvalue weighted by Crippen LogP contribution is 2.60. The monoisotopic (exact) mass is 565 g/mol. The van der Waals surface area contributed by atoms with Crippen LogP contribution in [0.5, 0.6) is 0 Å². The molecule has 2 aromatic heterocycles. The lowest BCUT2D eigenvalue weighted by molar-refractivity contribution is -0.220. The molecule has 2 saturated heterocycles. The Bertz CT molecular complexity index is 1410. The van der Waals surface area contributed by atoms with Crippen molar-refractivity contribution in [3.63, 3.8) is 0 Å². The SMILES string of the molecule is C[C@@H]1CN(c2cccc(-c3csc(NC(=O)CNC(=O)c4cccc(C5(F)CC6(COC6)C5)c4)n3)n2)C[C@H](C)O1. The Labute approximate surface area is 236 Å². The number of anilines is 2. The van der Waals surface area contributed by atoms with Gasteiger partial charge in [-0.2, -0.15) is 0 Å². The van der Waals surface area contributed by atoms with Crippen molar-refractivity contribution in [1.82, 2.24) is 15.3 Å². The van der Waals surface area contributed by atoms with Gasteiger partial charge in [0, 0.05) is 29.4 Å². The summed E-state index contributed by atoms with van der Waals surface area (Å²) in [6.07, 6.45) is 1.07. The first-order chi connectivity index (χ1) is 19.2. The molecule has 2 N–H and O–H groups in total. The first kappa shape index (κ1) is 26.8. The summed E-state index contributed by atoms with van der Waals surface area (Å²) in [5.41, 5.74) is 0.700. The Hall–Kier alpha value is -3.41. The molecule has 1 saturated carbocycles. The van der Waals surface area contributed by atoms with Gasteiger partial charge in [0.05, 0.1) is 37.7 Å². The molecule has 1 aromatic carbocycles. The van der Waals surface area contributed by atoms with Crippen LogP contribution in [0.4, 0.5) is 15.3 Å². The minimum absolute atomic E-state index is 0.0419. The standard InChI is InChI=1S/C29H32FN5O4S/c1-18-11-35(12-19(2)39-18)24-8-4-7-22(32-24)23-13-40-27(33-23)34-25(36)10-31-26(37)20-5-3-6-21(9-20)29(30)14-28(15-29)16-38-17-28/h3-9,13,18-19H,10-12,14-17H2,1-2H3,(H,31,37)(H,33,34,36)/t18-,19+. The van der Waals surface area contributed by atoms with Crippen molar-refractivity contribution < 1.29 is 23.5 Å². The maximum Gasteiger partial charge on any atom is 0.251 e. The number of carbonyl (C=O) groups excluding carboxylic acids is 2. The maximum absolute atomic E-state index is 15.4. The summed E-state index contributed by atoms with van der Waals surface area (Å²) in [4.78, 5) is 36.8. The van der Waals surface area contributed by atoms with Gasteiger partial charge in [0.1, 0.15) is 17.2 Å². The molecule has 2 atom stereocenters. The number of ether oxygens (including phenoxy) is 2. The van der Waals surface area contributed by atoms with E-state index < -0.39 is 17.5 Å². The molecule has 2 aliphatic heterocycles. The van der Waals surface area contributed by atoms with E-state index in [0.29, 0.717) is 53.7 Å². The number of alkyl halides is 1. The minimum atomic E-state index is -1.44. The second-order valence-electron chi connectivity index (χ2n) is 11.2. The van der Waals surface area contributed by atoms with E-state index >= 15 is 4.39 Å². The molecule has 2 amide bonds. The number of amides is 2. The average Bonchev–Trinajstić information content (AvgIpc) is 3.37. The van der Waals surface area contributed by atoms with Gasteiger partial charge in [-0.05, 0) is 56.5 Å². The zero-order valence-corrected chi connectivity index (χ0v) is 23.3. The zero-order valence-electron chi connectivity index (χ0n) is 22.5. The average molecular weight is 566 g/mol. The second kappa shape index (κ2) is 10.5. The van der Waals surface area contributed by atoms with E-state index in [1.54, 1.807) is 24.3 Å². The highest BCUT2D eigenvalue weighted by atomic mass is 32.1. The van der Waals surface area contributed by atoms with Crippen molar-refractivity contribution >= 4 is 34.1 Å². The fraction of sp³-hybridized carbons (Fsp3) is 0.448. The number of aromatic nitrogens is 2. The Balaban J connectivity index is 1.03. The number of thiazole rings is 1. The Kier molecular flexibility index (Phi) is 7.05. The van der Waals surface area contributed by atoms with Crippen LogP contribution in [0.15, 0.2) is 47.8 Å². The van der Waals surface area contributed by atoms with Gasteiger partial charge in [-0.3, -0.25) is 9.59 Å². The lowest BCUT2D eigenvalue weighted by atomic mass is 9.57. The molecule has 3 aliphatic rings. The van der Waals surface area contributed by atoms with Crippen LogP contribution in [0.3, 0.4) is 0 Å². The third kappa shape index (κ3) is 5.45. The lowest BCUT2D eigenvalue weighted by Crippen LogP contribution is -2.57. The number of nitrogens with zero attached hydrogens (tertiary/aromatic N) is 3. The van der Waals surface area contributed by atoms with E-state index in [9.17, 15) is 9.59 Å². The topological polar surface area (TPSA) is 106 Å². The number of nitrogens with one attached hydrogen (secondary N) is 2. The van der Waals surface area contributed by atoms with Crippen LogP contribution >= 0.6 is 11.3 Å². The fourth-order valence-corrected chi connectivity index (χ4v) is 6.58. The van der Waals surface area contributed by atoms with Gasteiger partial charge in [-0.15, -0.1) is 11.3 Å². The van der Waals surface area contributed by atoms with Crippen LogP contribution in [0.2, 0.25) is 0 Å². The van der Waals surface area contributed by atoms with E-state index in [-0.39, 0.29) is 24.2 Å². The van der Waals surface area contributed by atoms with Crippen molar-refractivity contribution in [2.45, 2.75) is 44.6 Å². The quantitative estimate of drug-likeness (QED) is 0.443. The van der Waals surface area contributed by atoms with E-state index in [1.807, 2.05) is 23.6 Å². The molecule has 40 heavy (non-hydrogen) atoms. The molecular weight excluding hydrogens is 533 g/mol. The Morgan fingerprint density at radius 3 is 2.55 bits per heavy atom. The molecular formula is C29H32FN5O4S. The molecule has 0 unspecified atom stereocenters. The zero-order chi connectivity index (χ0) is 27.9. The molecule has 6 rings (SSSR count). The Morgan fingerprint density at radius 1 is 1.07 bits per heavy atom. The summed E-state index contributed by atoms with van der Waals surface area (Å²) in [7, 11) is 0. The predicted molar refractivity (Wildman–Crippen MR) is 150 cm³/mol. The van der Waals surface area contributed by atoms with E-state index in [0.717, 1.165) is 18.9 Å². The van der Waals surface area contributed by atoms with E-state index in [1.165, 1.54) is 11.3 Å². The molecule has 9 nitrogen and oxygen atoms in total. The van der Waals surface area contributed by atoms with Crippen molar-refractivity contribution in [1.29, 1.82) is 0 Å². The second-order valence-corrected chi connectivity index (χ2v) is 12.1. The molecule has 11 heteroatoms. The highest BCUT2D eigenvalue weighted by Gasteiger charge is 2.60. The van der Waals surface area contributed by atoms with Gasteiger partial charge in [-0.25, -0.2) is 14.4 Å². The first-order valence-electron chi connectivity index (χ1n) is 13.5. The first-order valence-corrected chi connectivity index (χ1v) is 14.4. The lowest BCUT2D eigenvalue weighted by Gasteiger charge is -2.56. The number of halogens is 1. The number of pyridine rings is 1. The Morgan fingerprint density at radius 2 is 1.82 bits per heavy atom. The third-order valence-corrected chi connectivity index (χ3v) is 8.43. The molecule has 210 valence electrons. The molecule has 0 radical (unpaired) electrons. The summed E-state index contributed by atoms with van der Waals surface area (Å²) in [5.74, 6) is 0.0166. The van der Waals surface area contributed by atoms with Gasteiger partial charge >= 0.3 is 0 Å². The number of benzene rings is 1. The molecule has 1 aliphatic carbocycles. The normalized spacial score (nSPS) is 22.7. The van der Waals surface area contributed by atoms with Gasteiger partial charge < -0.3 is 25.0 Å². The molecule has 3 fully saturated rings. The molecule has 4 heterocycles. The smallest absolute Gasteiger partial charge is 0.251 e. The summed E-state index contributed by atoms with van der Waals surface area (Å²) in [6, 6.07) is 12.4. The van der Waals surface area contributed by atoms with Crippen LogP contribution in [0.1, 0.15) is 42.6 Å². The van der Waals surface area contributed by atoms with Gasteiger partial charge in [0.2, 0.25) is 5.91 Å². The van der Waals surface area contributed by atoms with Gasteiger partial charge in [-0.1, -0.05) is 18.2 Å². The van der Waals surface area contributed by atoms with Gasteiger partial charge in [0.15, 0.2) is 5.13 Å². The molecule has 3 aromatic rings. The van der Waals surface area contributed by atoms with Crippen LogP contribution < -0.4 is 15.5 Å². The van der Waals surface area contributed by atoms with Crippen LogP contribution in [0, 0.1) is 5.41 Å². The largest absolute Gasteiger partial charge is 0.380 e. The maximum atomic E-state index is 15.4. The third-order valence-electron chi connectivity index (χ3n) is 7.67. The number of morpholine rings is 1. The number of carbonyl (C=O) groups is 2. The van der Waals surface area contributed by atoms with Gasteiger partial charge in [0.25, 0.3) is 5.91 Å². The van der Waals surface area contributed by atoms with Crippen LogP contribution in [-0.2, 0) is 19.9 Å². The fourth-order valence-electron chi connectivity index (χ4n) is 5.86. The predicted octanol–water partition coefficient (Wildman–Crippen LogP) is 4.16. The van der Waals surface area contributed by atoms with E-state index in [2.05, 4.69) is 34.4 Å². The van der Waals surface area contributed by atoms with Crippen LogP contribution in [-0.4, -0.2) is 66.8 Å². The molecule has 0 bridgehead atoms. The van der Waals surface area contributed by atoms with Crippen molar-refractivity contribution in [2.75, 3.05) is 43.1 Å². The summed E-state index contributed by atoms with van der Waals surface area (Å²) >= 11 is 1.29. The minimum Gasteiger partial charge on any atom is -0.380 e. The van der Waals surface area contributed by atoms with Crippen molar-refractivity contribution in [3.05, 3.63) is 59.0 Å². The highest BCUT2D eigenvalue weighted by molar-refractivity contribution is 7.14. The number of hydrogen-bond acceptors (Lipinski definition) is 8. The van der Waals surface area contributed by atoms with Crippen LogP contribution in [0.25, 0.3) is 11.4 Å². The number of hydrogen-bond donors (Lipinski definition) is 2. The summed E-state index contributed by atoms with van der Waals surface area (Å²) in [5, 5.41) is 7.60.